The van der Waals surface area contributed by atoms with Crippen LogP contribution in [0.4, 0.5) is 0 Å². The Hall–Kier alpha value is -1.09. The molecule has 1 aliphatic rings. The molecule has 0 spiro atoms. The van der Waals surface area contributed by atoms with E-state index in [1.54, 1.807) is 0 Å². The van der Waals surface area contributed by atoms with Crippen molar-refractivity contribution in [3.8, 4) is 0 Å². The van der Waals surface area contributed by atoms with Gasteiger partial charge in [-0.2, -0.15) is 0 Å². The Morgan fingerprint density at radius 3 is 2.06 bits per heavy atom. The quantitative estimate of drug-likeness (QED) is 0.616. The molecule has 0 atom stereocenters. The third-order valence-corrected chi connectivity index (χ3v) is 2.14. The highest BCUT2D eigenvalue weighted by Gasteiger charge is 2.10. The van der Waals surface area contributed by atoms with Crippen LogP contribution in [-0.2, 0) is 0 Å². The Morgan fingerprint density at radius 1 is 1.06 bits per heavy atom. The molecule has 0 aromatic carbocycles. The summed E-state index contributed by atoms with van der Waals surface area (Å²) in [5.41, 5.74) is 0. The van der Waals surface area contributed by atoms with Crippen molar-refractivity contribution in [1.82, 2.24) is 10.2 Å². The predicted molar refractivity (Wildman–Crippen MR) is 84.2 cm³/mol. The van der Waals surface area contributed by atoms with Crippen molar-refractivity contribution in [3.63, 3.8) is 0 Å². The first kappa shape index (κ1) is 19.3. The first-order valence-electron chi connectivity index (χ1n) is 7.16. The van der Waals surface area contributed by atoms with E-state index in [1.165, 1.54) is 0 Å². The highest BCUT2D eigenvalue weighted by molar-refractivity contribution is 5.55. The minimum atomic E-state index is 1.04. The number of hydrogen-bond acceptors (Lipinski definition) is 3. The maximum Gasteiger partial charge on any atom is 0.128 e. The molecule has 0 aromatic heterocycles. The molecule has 106 valence electrons. The van der Waals surface area contributed by atoms with Gasteiger partial charge in [0.25, 0.3) is 0 Å². The Bertz CT molecular complexity index is 236. The van der Waals surface area contributed by atoms with Crippen LogP contribution in [0, 0.1) is 0 Å². The van der Waals surface area contributed by atoms with Crippen molar-refractivity contribution in [3.05, 3.63) is 24.0 Å². The summed E-state index contributed by atoms with van der Waals surface area (Å²) in [5.74, 6) is 1.06. The number of aliphatic imine (C=N–C) groups is 1. The summed E-state index contributed by atoms with van der Waals surface area (Å²) in [7, 11) is 0. The highest BCUT2D eigenvalue weighted by Crippen LogP contribution is 2.07. The number of piperazine rings is 1. The van der Waals surface area contributed by atoms with E-state index in [0.29, 0.717) is 0 Å². The van der Waals surface area contributed by atoms with Crippen LogP contribution in [0.15, 0.2) is 29.0 Å². The smallest absolute Gasteiger partial charge is 0.128 e. The van der Waals surface area contributed by atoms with Gasteiger partial charge in [-0.1, -0.05) is 39.8 Å². The first-order chi connectivity index (χ1) is 8.88. The number of nitrogens with one attached hydrogen (secondary N) is 1. The average Bonchev–Trinajstić information content (AvgIpc) is 2.48. The molecule has 0 aromatic rings. The first-order valence-corrected chi connectivity index (χ1v) is 7.16. The lowest BCUT2D eigenvalue weighted by Crippen LogP contribution is -2.42. The number of hydrogen-bond donors (Lipinski definition) is 1. The van der Waals surface area contributed by atoms with Crippen molar-refractivity contribution in [2.75, 3.05) is 26.2 Å². The number of allylic oxidation sites excluding steroid dienone is 3. The minimum Gasteiger partial charge on any atom is -0.354 e. The predicted octanol–water partition coefficient (Wildman–Crippen LogP) is 3.45. The van der Waals surface area contributed by atoms with Gasteiger partial charge in [-0.25, -0.2) is 4.99 Å². The summed E-state index contributed by atoms with van der Waals surface area (Å²) in [6.07, 6.45) is 7.96. The number of rotatable bonds is 3. The van der Waals surface area contributed by atoms with Gasteiger partial charge in [-0.3, -0.25) is 0 Å². The molecule has 0 saturated carbocycles. The largest absolute Gasteiger partial charge is 0.354 e. The Kier molecular flexibility index (Phi) is 17.0. The van der Waals surface area contributed by atoms with E-state index >= 15 is 0 Å². The molecule has 0 aliphatic carbocycles. The highest BCUT2D eigenvalue weighted by atomic mass is 15.2. The van der Waals surface area contributed by atoms with Gasteiger partial charge in [0, 0.05) is 32.4 Å². The minimum absolute atomic E-state index is 1.04. The van der Waals surface area contributed by atoms with Crippen LogP contribution in [0.25, 0.3) is 0 Å². The fourth-order valence-corrected chi connectivity index (χ4v) is 1.44. The molecule has 3 heteroatoms. The summed E-state index contributed by atoms with van der Waals surface area (Å²) in [6, 6.07) is 0. The van der Waals surface area contributed by atoms with Crippen LogP contribution in [0.5, 0.6) is 0 Å². The van der Waals surface area contributed by atoms with Crippen LogP contribution >= 0.6 is 0 Å². The molecule has 0 radical (unpaired) electrons. The van der Waals surface area contributed by atoms with Gasteiger partial charge in [0.15, 0.2) is 0 Å². The lowest BCUT2D eigenvalue weighted by atomic mass is 10.3. The Morgan fingerprint density at radius 2 is 1.61 bits per heavy atom. The van der Waals surface area contributed by atoms with Crippen molar-refractivity contribution >= 4 is 6.21 Å². The summed E-state index contributed by atoms with van der Waals surface area (Å²) in [4.78, 5) is 6.67. The van der Waals surface area contributed by atoms with E-state index in [-0.39, 0.29) is 0 Å². The van der Waals surface area contributed by atoms with Gasteiger partial charge in [0.05, 0.1) is 0 Å². The molecule has 1 fully saturated rings. The molecule has 18 heavy (non-hydrogen) atoms. The third kappa shape index (κ3) is 8.99. The molecule has 1 saturated heterocycles. The molecule has 0 amide bonds. The molecular weight excluding hydrogens is 222 g/mol. The van der Waals surface area contributed by atoms with E-state index in [1.807, 2.05) is 59.9 Å². The maximum absolute atomic E-state index is 4.37. The van der Waals surface area contributed by atoms with E-state index in [4.69, 9.17) is 0 Å². The molecule has 1 rings (SSSR count). The second-order valence-corrected chi connectivity index (χ2v) is 3.17. The topological polar surface area (TPSA) is 27.6 Å². The zero-order chi connectivity index (χ0) is 14.2. The van der Waals surface area contributed by atoms with Gasteiger partial charge in [-0.05, 0) is 19.9 Å². The lowest BCUT2D eigenvalue weighted by Gasteiger charge is -2.29. The van der Waals surface area contributed by atoms with Gasteiger partial charge >= 0.3 is 0 Å². The average molecular weight is 253 g/mol. The van der Waals surface area contributed by atoms with Crippen molar-refractivity contribution in [2.45, 2.75) is 41.5 Å². The van der Waals surface area contributed by atoms with E-state index < -0.39 is 0 Å². The molecule has 3 nitrogen and oxygen atoms in total. The fraction of sp³-hybridized carbons (Fsp3) is 0.667. The zero-order valence-corrected chi connectivity index (χ0v) is 13.0. The van der Waals surface area contributed by atoms with Crippen molar-refractivity contribution < 1.29 is 0 Å². The molecule has 1 N–H and O–H groups in total. The van der Waals surface area contributed by atoms with Crippen molar-refractivity contribution in [1.29, 1.82) is 0 Å². The van der Waals surface area contributed by atoms with Gasteiger partial charge < -0.3 is 10.2 Å². The van der Waals surface area contributed by atoms with E-state index in [0.717, 1.165) is 32.0 Å². The van der Waals surface area contributed by atoms with Crippen LogP contribution in [-0.4, -0.2) is 37.3 Å². The Balaban J connectivity index is 0. The van der Waals surface area contributed by atoms with E-state index in [9.17, 15) is 0 Å². The Labute approximate surface area is 114 Å². The second-order valence-electron chi connectivity index (χ2n) is 3.17. The summed E-state index contributed by atoms with van der Waals surface area (Å²) in [5, 5.41) is 3.33. The lowest BCUT2D eigenvalue weighted by molar-refractivity contribution is 0.297. The summed E-state index contributed by atoms with van der Waals surface area (Å²) >= 11 is 0. The van der Waals surface area contributed by atoms with Crippen LogP contribution in [0.3, 0.4) is 0 Å². The van der Waals surface area contributed by atoms with Gasteiger partial charge in [0.1, 0.15) is 5.82 Å². The SMILES string of the molecule is CC.CC.C\C=C/C=C(\N=C/C)N1CCNCC1. The van der Waals surface area contributed by atoms with Crippen LogP contribution in [0.1, 0.15) is 41.5 Å². The molecule has 1 heterocycles. The third-order valence-electron chi connectivity index (χ3n) is 2.14. The standard InChI is InChI=1S/C11H19N3.2C2H6/c1-3-5-6-11(13-4-2)14-9-7-12-8-10-14;2*1-2/h3-6,12H,7-10H2,1-2H3;2*1-2H3/b5-3-,11-6+,13-4-;;. The normalized spacial score (nSPS) is 16.1. The number of nitrogens with zero attached hydrogens (tertiary/aromatic N) is 2. The van der Waals surface area contributed by atoms with Gasteiger partial charge in [0.2, 0.25) is 0 Å². The second kappa shape index (κ2) is 15.9. The summed E-state index contributed by atoms with van der Waals surface area (Å²) in [6.45, 7) is 16.1. The summed E-state index contributed by atoms with van der Waals surface area (Å²) < 4.78 is 0. The zero-order valence-electron chi connectivity index (χ0n) is 13.0. The molecule has 1 aliphatic heterocycles. The van der Waals surface area contributed by atoms with Crippen LogP contribution < -0.4 is 5.32 Å². The van der Waals surface area contributed by atoms with Crippen LogP contribution in [0.2, 0.25) is 0 Å². The van der Waals surface area contributed by atoms with E-state index in [2.05, 4.69) is 21.3 Å². The maximum atomic E-state index is 4.37. The molecular formula is C15H31N3. The monoisotopic (exact) mass is 253 g/mol. The molecule has 0 bridgehead atoms. The van der Waals surface area contributed by atoms with Gasteiger partial charge in [-0.15, -0.1) is 0 Å². The van der Waals surface area contributed by atoms with Crippen molar-refractivity contribution in [2.24, 2.45) is 4.99 Å². The fourth-order valence-electron chi connectivity index (χ4n) is 1.44. The molecule has 0 unspecified atom stereocenters.